The Morgan fingerprint density at radius 1 is 1.29 bits per heavy atom. The van der Waals surface area contributed by atoms with Crippen molar-refractivity contribution in [2.24, 2.45) is 7.05 Å². The Bertz CT molecular complexity index is 781. The number of amides is 1. The molecule has 1 aromatic carbocycles. The van der Waals surface area contributed by atoms with Crippen LogP contribution >= 0.6 is 0 Å². The average Bonchev–Trinajstić information content (AvgIpc) is 3.19. The van der Waals surface area contributed by atoms with Gasteiger partial charge in [-0.3, -0.25) is 4.79 Å². The van der Waals surface area contributed by atoms with Gasteiger partial charge in [0, 0.05) is 25.4 Å². The lowest BCUT2D eigenvalue weighted by Gasteiger charge is -2.32. The summed E-state index contributed by atoms with van der Waals surface area (Å²) in [6, 6.07) is 6.18. The predicted molar refractivity (Wildman–Crippen MR) is 91.0 cm³/mol. The lowest BCUT2D eigenvalue weighted by molar-refractivity contribution is -0.0279. The van der Waals surface area contributed by atoms with Gasteiger partial charge in [0.15, 0.2) is 0 Å². The number of hydrogen-bond donors (Lipinski definition) is 0. The molecule has 126 valence electrons. The van der Waals surface area contributed by atoms with Gasteiger partial charge in [-0.25, -0.2) is 4.98 Å². The van der Waals surface area contributed by atoms with Crippen molar-refractivity contribution in [1.29, 1.82) is 0 Å². The summed E-state index contributed by atoms with van der Waals surface area (Å²) < 4.78 is 7.86. The highest BCUT2D eigenvalue weighted by atomic mass is 16.5. The lowest BCUT2D eigenvalue weighted by atomic mass is 10.1. The number of hydrogen-bond acceptors (Lipinski definition) is 3. The summed E-state index contributed by atoms with van der Waals surface area (Å²) in [6.45, 7) is 3.71. The number of carbonyl (C=O) groups is 1. The first-order chi connectivity index (χ1) is 11.6. The van der Waals surface area contributed by atoms with Crippen LogP contribution in [0.2, 0.25) is 0 Å². The molecule has 2 aromatic rings. The quantitative estimate of drug-likeness (QED) is 0.852. The van der Waals surface area contributed by atoms with Crippen molar-refractivity contribution < 1.29 is 9.53 Å². The third kappa shape index (κ3) is 2.73. The van der Waals surface area contributed by atoms with E-state index in [0.29, 0.717) is 19.7 Å². The monoisotopic (exact) mass is 325 g/mol. The summed E-state index contributed by atoms with van der Waals surface area (Å²) in [7, 11) is 1.97. The predicted octanol–water partition coefficient (Wildman–Crippen LogP) is 2.43. The number of nitrogens with zero attached hydrogens (tertiary/aromatic N) is 3. The van der Waals surface area contributed by atoms with Crippen LogP contribution in [-0.2, 0) is 24.6 Å². The van der Waals surface area contributed by atoms with E-state index in [2.05, 4.69) is 17.1 Å². The molecule has 1 aliphatic heterocycles. The Morgan fingerprint density at radius 3 is 2.92 bits per heavy atom. The van der Waals surface area contributed by atoms with Crippen LogP contribution in [0.1, 0.15) is 45.5 Å². The average molecular weight is 325 g/mol. The maximum absolute atomic E-state index is 12.9. The normalized spacial score (nSPS) is 20.2. The van der Waals surface area contributed by atoms with Crippen LogP contribution in [0.4, 0.5) is 0 Å². The molecule has 24 heavy (non-hydrogen) atoms. The minimum absolute atomic E-state index is 0.101. The Labute approximate surface area is 142 Å². The van der Waals surface area contributed by atoms with E-state index < -0.39 is 0 Å². The number of morpholine rings is 1. The van der Waals surface area contributed by atoms with Crippen LogP contribution < -0.4 is 0 Å². The largest absolute Gasteiger partial charge is 0.367 e. The topological polar surface area (TPSA) is 47.4 Å². The molecule has 0 unspecified atom stereocenters. The summed E-state index contributed by atoms with van der Waals surface area (Å²) >= 11 is 0. The molecule has 0 N–H and O–H groups in total. The Morgan fingerprint density at radius 2 is 2.12 bits per heavy atom. The highest BCUT2D eigenvalue weighted by molar-refractivity contribution is 5.94. The van der Waals surface area contributed by atoms with E-state index in [1.165, 1.54) is 17.5 Å². The van der Waals surface area contributed by atoms with E-state index in [9.17, 15) is 4.79 Å². The van der Waals surface area contributed by atoms with Crippen molar-refractivity contribution in [3.05, 3.63) is 52.6 Å². The van der Waals surface area contributed by atoms with Gasteiger partial charge >= 0.3 is 0 Å². The van der Waals surface area contributed by atoms with Crippen LogP contribution in [0.15, 0.2) is 24.4 Å². The molecule has 1 atom stereocenters. The fraction of sp³-hybridized carbons (Fsp3) is 0.474. The highest BCUT2D eigenvalue weighted by Gasteiger charge is 2.29. The first-order valence-corrected chi connectivity index (χ1v) is 8.64. The number of aromatic nitrogens is 2. The summed E-state index contributed by atoms with van der Waals surface area (Å²) in [5.41, 5.74) is 4.51. The molecule has 1 amide bonds. The molecule has 2 aliphatic rings. The minimum Gasteiger partial charge on any atom is -0.367 e. The van der Waals surface area contributed by atoms with Crippen molar-refractivity contribution in [3.63, 3.8) is 0 Å². The van der Waals surface area contributed by atoms with E-state index in [1.54, 1.807) is 0 Å². The van der Waals surface area contributed by atoms with E-state index >= 15 is 0 Å². The number of carbonyl (C=O) groups excluding carboxylic acids is 1. The van der Waals surface area contributed by atoms with Crippen molar-refractivity contribution in [3.8, 4) is 0 Å². The summed E-state index contributed by atoms with van der Waals surface area (Å²) in [4.78, 5) is 19.4. The molecule has 0 bridgehead atoms. The smallest absolute Gasteiger partial charge is 0.254 e. The molecule has 1 saturated heterocycles. The van der Waals surface area contributed by atoms with Gasteiger partial charge in [-0.1, -0.05) is 6.07 Å². The van der Waals surface area contributed by atoms with Gasteiger partial charge < -0.3 is 14.2 Å². The zero-order valence-corrected chi connectivity index (χ0v) is 14.3. The first-order valence-electron chi connectivity index (χ1n) is 8.64. The van der Waals surface area contributed by atoms with Crippen LogP contribution in [-0.4, -0.2) is 40.1 Å². The molecule has 0 spiro atoms. The fourth-order valence-corrected chi connectivity index (χ4v) is 3.81. The van der Waals surface area contributed by atoms with Gasteiger partial charge in [0.1, 0.15) is 11.9 Å². The van der Waals surface area contributed by atoms with E-state index in [1.807, 2.05) is 35.7 Å². The zero-order valence-electron chi connectivity index (χ0n) is 14.3. The van der Waals surface area contributed by atoms with Crippen LogP contribution in [0.5, 0.6) is 0 Å². The second kappa shape index (κ2) is 6.06. The molecule has 5 nitrogen and oxygen atoms in total. The van der Waals surface area contributed by atoms with Crippen molar-refractivity contribution >= 4 is 5.91 Å². The van der Waals surface area contributed by atoms with Crippen LogP contribution in [0.25, 0.3) is 0 Å². The number of benzene rings is 1. The van der Waals surface area contributed by atoms with Crippen molar-refractivity contribution in [2.75, 3.05) is 19.7 Å². The van der Waals surface area contributed by atoms with Crippen LogP contribution in [0, 0.1) is 6.92 Å². The van der Waals surface area contributed by atoms with E-state index in [4.69, 9.17) is 4.74 Å². The second-order valence-electron chi connectivity index (χ2n) is 6.80. The molecule has 1 fully saturated rings. The SMILES string of the molecule is Cc1cn(C)c([C@H]2CN(C(=O)c3ccc4c(c3)CCC4)CCO2)n1. The number of aryl methyl sites for hydroxylation is 4. The Hall–Kier alpha value is -2.14. The third-order valence-electron chi connectivity index (χ3n) is 5.02. The highest BCUT2D eigenvalue weighted by Crippen LogP contribution is 2.26. The van der Waals surface area contributed by atoms with Gasteiger partial charge in [-0.05, 0) is 49.4 Å². The standard InChI is InChI=1S/C19H23N3O2/c1-13-11-21(2)18(20-13)17-12-22(8-9-24-17)19(23)16-7-6-14-4-3-5-15(14)10-16/h6-7,10-11,17H,3-5,8-9,12H2,1-2H3/t17-/m1/s1. The molecular formula is C19H23N3O2. The molecule has 0 radical (unpaired) electrons. The Balaban J connectivity index is 1.53. The first kappa shape index (κ1) is 15.4. The van der Waals surface area contributed by atoms with Gasteiger partial charge in [0.05, 0.1) is 18.8 Å². The zero-order chi connectivity index (χ0) is 16.7. The third-order valence-corrected chi connectivity index (χ3v) is 5.02. The fourth-order valence-electron chi connectivity index (χ4n) is 3.81. The van der Waals surface area contributed by atoms with Gasteiger partial charge in [0.25, 0.3) is 5.91 Å². The summed E-state index contributed by atoms with van der Waals surface area (Å²) in [5.74, 6) is 0.989. The number of ether oxygens (including phenoxy) is 1. The van der Waals surface area contributed by atoms with E-state index in [0.717, 1.165) is 29.9 Å². The van der Waals surface area contributed by atoms with E-state index in [-0.39, 0.29) is 12.0 Å². The number of fused-ring (bicyclic) bond motifs is 1. The summed E-state index contributed by atoms with van der Waals surface area (Å²) in [5, 5.41) is 0. The van der Waals surface area contributed by atoms with Crippen LogP contribution in [0.3, 0.4) is 0 Å². The lowest BCUT2D eigenvalue weighted by Crippen LogP contribution is -2.42. The van der Waals surface area contributed by atoms with Gasteiger partial charge in [-0.2, -0.15) is 0 Å². The number of rotatable bonds is 2. The van der Waals surface area contributed by atoms with Gasteiger partial charge in [0.2, 0.25) is 0 Å². The molecule has 0 saturated carbocycles. The Kier molecular flexibility index (Phi) is 3.88. The van der Waals surface area contributed by atoms with Crippen molar-refractivity contribution in [2.45, 2.75) is 32.3 Å². The molecule has 1 aromatic heterocycles. The minimum atomic E-state index is -0.157. The maximum Gasteiger partial charge on any atom is 0.254 e. The van der Waals surface area contributed by atoms with Crippen molar-refractivity contribution in [1.82, 2.24) is 14.5 Å². The molecule has 4 rings (SSSR count). The maximum atomic E-state index is 12.9. The summed E-state index contributed by atoms with van der Waals surface area (Å²) in [6.07, 6.45) is 5.26. The molecule has 5 heteroatoms. The number of imidazole rings is 1. The molecular weight excluding hydrogens is 302 g/mol. The molecule has 1 aliphatic carbocycles. The second-order valence-corrected chi connectivity index (χ2v) is 6.80. The van der Waals surface area contributed by atoms with Gasteiger partial charge in [-0.15, -0.1) is 0 Å². The molecule has 2 heterocycles.